The summed E-state index contributed by atoms with van der Waals surface area (Å²) in [5, 5.41) is 8.90. The highest BCUT2D eigenvalue weighted by Crippen LogP contribution is 2.40. The van der Waals surface area contributed by atoms with E-state index < -0.39 is 18.0 Å². The fraction of sp³-hybridized carbons (Fsp3) is 0.667. The summed E-state index contributed by atoms with van der Waals surface area (Å²) in [5.74, 6) is -1.47. The van der Waals surface area contributed by atoms with E-state index in [0.29, 0.717) is 0 Å². The smallest absolute Gasteiger partial charge is 0.313 e. The molecule has 2 saturated heterocycles. The molecule has 2 fully saturated rings. The topological polar surface area (TPSA) is 55.8 Å². The summed E-state index contributed by atoms with van der Waals surface area (Å²) in [5.41, 5.74) is 0. The summed E-state index contributed by atoms with van der Waals surface area (Å²) < 4.78 is 10.3. The van der Waals surface area contributed by atoms with Crippen LogP contribution in [-0.2, 0) is 14.3 Å². The Bertz CT molecular complexity index is 267. The van der Waals surface area contributed by atoms with Crippen molar-refractivity contribution in [1.82, 2.24) is 0 Å². The van der Waals surface area contributed by atoms with E-state index in [-0.39, 0.29) is 12.2 Å². The second-order valence-electron chi connectivity index (χ2n) is 3.35. The number of carbonyl (C=O) groups is 1. The molecule has 1 N–H and O–H groups in total. The van der Waals surface area contributed by atoms with Crippen LogP contribution < -0.4 is 0 Å². The van der Waals surface area contributed by atoms with Crippen LogP contribution in [0.1, 0.15) is 12.8 Å². The fourth-order valence-electron chi connectivity index (χ4n) is 2.17. The molecule has 0 saturated carbocycles. The van der Waals surface area contributed by atoms with Crippen LogP contribution in [0.2, 0.25) is 0 Å². The van der Waals surface area contributed by atoms with Gasteiger partial charge in [0.15, 0.2) is 6.10 Å². The molecule has 0 aliphatic carbocycles. The third-order valence-electron chi connectivity index (χ3n) is 2.70. The molecule has 2 heterocycles. The molecule has 0 aromatic heterocycles. The highest BCUT2D eigenvalue weighted by Gasteiger charge is 2.54. The Hall–Kier alpha value is -1.21. The van der Waals surface area contributed by atoms with E-state index in [2.05, 4.69) is 0 Å². The second-order valence-corrected chi connectivity index (χ2v) is 3.35. The number of terminal acetylenes is 1. The third kappa shape index (κ3) is 1.16. The van der Waals surface area contributed by atoms with Gasteiger partial charge in [-0.2, -0.15) is 0 Å². The zero-order chi connectivity index (χ0) is 9.42. The quantitative estimate of drug-likeness (QED) is 0.621. The van der Waals surface area contributed by atoms with E-state index in [9.17, 15) is 4.79 Å². The zero-order valence-corrected chi connectivity index (χ0v) is 6.97. The van der Waals surface area contributed by atoms with Gasteiger partial charge >= 0.3 is 5.97 Å². The van der Waals surface area contributed by atoms with E-state index in [4.69, 9.17) is 21.0 Å². The molecule has 2 rings (SSSR count). The lowest BCUT2D eigenvalue weighted by atomic mass is 9.86. The summed E-state index contributed by atoms with van der Waals surface area (Å²) in [7, 11) is 0. The lowest BCUT2D eigenvalue weighted by molar-refractivity contribution is -0.146. The number of carboxylic acid groups (broad SMARTS) is 1. The van der Waals surface area contributed by atoms with E-state index in [1.165, 1.54) is 0 Å². The molecule has 13 heavy (non-hydrogen) atoms. The summed E-state index contributed by atoms with van der Waals surface area (Å²) >= 11 is 0. The standard InChI is InChI=1S/C9H10O4/c1-2-12-8-6-4-3-5(13-6)7(8)9(10)11/h1,5-8H,3-4H2,(H,10,11)/t5-,6+,7?,8?/m1/s1. The van der Waals surface area contributed by atoms with Gasteiger partial charge in [0, 0.05) is 0 Å². The maximum Gasteiger partial charge on any atom is 0.313 e. The van der Waals surface area contributed by atoms with Crippen molar-refractivity contribution in [3.63, 3.8) is 0 Å². The first-order valence-corrected chi connectivity index (χ1v) is 4.23. The van der Waals surface area contributed by atoms with E-state index in [1.807, 2.05) is 6.11 Å². The first-order chi connectivity index (χ1) is 6.24. The Morgan fingerprint density at radius 1 is 1.54 bits per heavy atom. The van der Waals surface area contributed by atoms with Gasteiger partial charge in [-0.3, -0.25) is 4.79 Å². The number of ether oxygens (including phenoxy) is 2. The predicted octanol–water partition coefficient (Wildman–Crippen LogP) is 0.224. The van der Waals surface area contributed by atoms with Crippen molar-refractivity contribution >= 4 is 5.97 Å². The van der Waals surface area contributed by atoms with E-state index >= 15 is 0 Å². The van der Waals surface area contributed by atoms with Crippen LogP contribution >= 0.6 is 0 Å². The average molecular weight is 182 g/mol. The van der Waals surface area contributed by atoms with Gasteiger partial charge in [0.1, 0.15) is 12.0 Å². The lowest BCUT2D eigenvalue weighted by Gasteiger charge is -2.22. The normalized spacial score (nSPS) is 41.5. The highest BCUT2D eigenvalue weighted by molar-refractivity contribution is 5.72. The first kappa shape index (κ1) is 8.39. The van der Waals surface area contributed by atoms with Crippen molar-refractivity contribution < 1.29 is 19.4 Å². The number of aliphatic carboxylic acids is 1. The molecule has 70 valence electrons. The van der Waals surface area contributed by atoms with Crippen LogP contribution in [0.25, 0.3) is 0 Å². The molecule has 4 heteroatoms. The van der Waals surface area contributed by atoms with Crippen molar-refractivity contribution in [2.24, 2.45) is 5.92 Å². The largest absolute Gasteiger partial charge is 0.481 e. The van der Waals surface area contributed by atoms with Crippen molar-refractivity contribution in [3.8, 4) is 12.5 Å². The third-order valence-corrected chi connectivity index (χ3v) is 2.70. The van der Waals surface area contributed by atoms with Gasteiger partial charge in [-0.1, -0.05) is 6.42 Å². The summed E-state index contributed by atoms with van der Waals surface area (Å²) in [6.45, 7) is 0. The zero-order valence-electron chi connectivity index (χ0n) is 6.97. The molecular formula is C9H10O4. The molecule has 4 atom stereocenters. The summed E-state index contributed by atoms with van der Waals surface area (Å²) in [6, 6.07) is 0. The molecule has 0 aromatic rings. The molecule has 2 unspecified atom stereocenters. The molecule has 4 nitrogen and oxygen atoms in total. The molecule has 2 bridgehead atoms. The Balaban J connectivity index is 2.16. The fourth-order valence-corrected chi connectivity index (χ4v) is 2.17. The summed E-state index contributed by atoms with van der Waals surface area (Å²) in [4.78, 5) is 10.8. The molecule has 0 amide bonds. The van der Waals surface area contributed by atoms with Crippen LogP contribution in [0, 0.1) is 18.4 Å². The van der Waals surface area contributed by atoms with Crippen LogP contribution in [0.4, 0.5) is 0 Å². The predicted molar refractivity (Wildman–Crippen MR) is 42.7 cm³/mol. The van der Waals surface area contributed by atoms with Crippen LogP contribution in [0.15, 0.2) is 0 Å². The van der Waals surface area contributed by atoms with Crippen molar-refractivity contribution in [1.29, 1.82) is 0 Å². The Morgan fingerprint density at radius 2 is 2.23 bits per heavy atom. The number of fused-ring (bicyclic) bond motifs is 2. The number of carboxylic acids is 1. The maximum absolute atomic E-state index is 10.8. The van der Waals surface area contributed by atoms with Gasteiger partial charge in [-0.05, 0) is 12.8 Å². The van der Waals surface area contributed by atoms with Gasteiger partial charge < -0.3 is 14.6 Å². The number of rotatable bonds is 2. The van der Waals surface area contributed by atoms with E-state index in [1.54, 1.807) is 0 Å². The Labute approximate surface area is 75.8 Å². The molecule has 2 aliphatic heterocycles. The Morgan fingerprint density at radius 3 is 2.85 bits per heavy atom. The minimum atomic E-state index is -0.882. The van der Waals surface area contributed by atoms with Crippen molar-refractivity contribution in [2.75, 3.05) is 0 Å². The Kier molecular flexibility index (Phi) is 1.89. The van der Waals surface area contributed by atoms with E-state index in [0.717, 1.165) is 12.8 Å². The summed E-state index contributed by atoms with van der Waals surface area (Å²) in [6.07, 6.45) is 7.88. The van der Waals surface area contributed by atoms with Gasteiger partial charge in [-0.25, -0.2) is 0 Å². The lowest BCUT2D eigenvalue weighted by Crippen LogP contribution is -2.38. The van der Waals surface area contributed by atoms with Crippen LogP contribution in [0.3, 0.4) is 0 Å². The van der Waals surface area contributed by atoms with Gasteiger partial charge in [-0.15, -0.1) is 0 Å². The second kappa shape index (κ2) is 2.93. The van der Waals surface area contributed by atoms with Gasteiger partial charge in [0.25, 0.3) is 0 Å². The molecule has 0 aromatic carbocycles. The maximum atomic E-state index is 10.8. The van der Waals surface area contributed by atoms with Crippen molar-refractivity contribution in [2.45, 2.75) is 31.2 Å². The highest BCUT2D eigenvalue weighted by atomic mass is 16.6. The van der Waals surface area contributed by atoms with Gasteiger partial charge in [0.2, 0.25) is 0 Å². The van der Waals surface area contributed by atoms with Gasteiger partial charge in [0.05, 0.1) is 12.2 Å². The molecule has 0 radical (unpaired) electrons. The SMILES string of the molecule is C#COC1C(C(=O)O)[C@H]2CC[C@@H]1O2. The van der Waals surface area contributed by atoms with Crippen LogP contribution in [0.5, 0.6) is 0 Å². The average Bonchev–Trinajstić information content (AvgIpc) is 2.63. The minimum Gasteiger partial charge on any atom is -0.481 e. The van der Waals surface area contributed by atoms with Crippen molar-refractivity contribution in [3.05, 3.63) is 0 Å². The molecular weight excluding hydrogens is 172 g/mol. The monoisotopic (exact) mass is 182 g/mol. The molecule has 0 spiro atoms. The van der Waals surface area contributed by atoms with Crippen LogP contribution in [-0.4, -0.2) is 29.4 Å². The number of hydrogen-bond donors (Lipinski definition) is 1. The minimum absolute atomic E-state index is 0.123. The number of hydrogen-bond acceptors (Lipinski definition) is 3. The molecule has 2 aliphatic rings. The first-order valence-electron chi connectivity index (χ1n) is 4.23.